The molecule has 7 heteroatoms. The highest BCUT2D eigenvalue weighted by Gasteiger charge is 2.50. The molecule has 1 aliphatic heterocycles. The summed E-state index contributed by atoms with van der Waals surface area (Å²) in [6, 6.07) is 6.42. The van der Waals surface area contributed by atoms with Gasteiger partial charge in [-0.15, -0.1) is 0 Å². The number of allylic oxidation sites excluding steroid dienone is 2. The second kappa shape index (κ2) is 8.41. The van der Waals surface area contributed by atoms with E-state index in [2.05, 4.69) is 0 Å². The van der Waals surface area contributed by atoms with E-state index in [9.17, 15) is 14.4 Å². The molecule has 0 aliphatic carbocycles. The summed E-state index contributed by atoms with van der Waals surface area (Å²) in [4.78, 5) is 37.0. The summed E-state index contributed by atoms with van der Waals surface area (Å²) >= 11 is 0. The van der Waals surface area contributed by atoms with Gasteiger partial charge in [0.15, 0.2) is 12.2 Å². The molecule has 0 bridgehead atoms. The zero-order valence-electron chi connectivity index (χ0n) is 18.5. The maximum Gasteiger partial charge on any atom is 0.336 e. The van der Waals surface area contributed by atoms with Crippen molar-refractivity contribution in [2.75, 3.05) is 0 Å². The largest absolute Gasteiger partial charge is 0.481 e. The molecule has 31 heavy (non-hydrogen) atoms. The molecule has 2 heterocycles. The summed E-state index contributed by atoms with van der Waals surface area (Å²) in [6.45, 7) is 10.1. The molecular weight excluding hydrogens is 400 g/mol. The minimum Gasteiger partial charge on any atom is -0.481 e. The van der Waals surface area contributed by atoms with Crippen molar-refractivity contribution in [2.45, 2.75) is 59.4 Å². The molecule has 1 aliphatic rings. The summed E-state index contributed by atoms with van der Waals surface area (Å²) in [5.41, 5.74) is -0.143. The van der Waals surface area contributed by atoms with Crippen LogP contribution < -0.4 is 10.4 Å². The maximum absolute atomic E-state index is 12.6. The standard InChI is InChI=1S/C24H26O7/c1-7-13(3)22(26)30-20-18-16(11-9-15-10-12-17(25)29-19(15)18)28-21(20)24(5,6)31-23(27)14(4)8-2/h7-12,20-21H,1-6H3/b13-7-,14-8-. The molecule has 0 amide bonds. The molecule has 0 N–H and O–H groups in total. The zero-order chi connectivity index (χ0) is 22.9. The van der Waals surface area contributed by atoms with Gasteiger partial charge < -0.3 is 18.6 Å². The van der Waals surface area contributed by atoms with Crippen LogP contribution in [0.5, 0.6) is 5.75 Å². The molecule has 2 unspecified atom stereocenters. The molecule has 2 aromatic rings. The lowest BCUT2D eigenvalue weighted by Gasteiger charge is -2.33. The Hall–Kier alpha value is -3.35. The van der Waals surface area contributed by atoms with Crippen LogP contribution in [-0.2, 0) is 19.1 Å². The monoisotopic (exact) mass is 426 g/mol. The third kappa shape index (κ3) is 4.26. The third-order valence-electron chi connectivity index (χ3n) is 5.39. The smallest absolute Gasteiger partial charge is 0.336 e. The number of carbonyl (C=O) groups is 2. The van der Waals surface area contributed by atoms with E-state index in [1.807, 2.05) is 0 Å². The first-order valence-electron chi connectivity index (χ1n) is 10.0. The average Bonchev–Trinajstić information content (AvgIpc) is 3.11. The van der Waals surface area contributed by atoms with Crippen molar-refractivity contribution in [1.29, 1.82) is 0 Å². The summed E-state index contributed by atoms with van der Waals surface area (Å²) < 4.78 is 23.1. The maximum atomic E-state index is 12.6. The molecule has 164 valence electrons. The zero-order valence-corrected chi connectivity index (χ0v) is 18.5. The predicted octanol–water partition coefficient (Wildman–Crippen LogP) is 4.39. The van der Waals surface area contributed by atoms with Gasteiger partial charge in [0.25, 0.3) is 0 Å². The summed E-state index contributed by atoms with van der Waals surface area (Å²) in [5.74, 6) is -0.649. The molecule has 7 nitrogen and oxygen atoms in total. The van der Waals surface area contributed by atoms with Crippen molar-refractivity contribution < 1.29 is 28.2 Å². The Morgan fingerprint density at radius 1 is 1.00 bits per heavy atom. The Kier molecular flexibility index (Phi) is 6.06. The van der Waals surface area contributed by atoms with E-state index in [1.54, 1.807) is 71.9 Å². The van der Waals surface area contributed by atoms with Crippen molar-refractivity contribution in [3.63, 3.8) is 0 Å². The van der Waals surface area contributed by atoms with Gasteiger partial charge in [0.2, 0.25) is 0 Å². The van der Waals surface area contributed by atoms with Gasteiger partial charge in [-0.3, -0.25) is 0 Å². The van der Waals surface area contributed by atoms with Crippen molar-refractivity contribution in [2.24, 2.45) is 0 Å². The Labute approximate surface area is 180 Å². The summed E-state index contributed by atoms with van der Waals surface area (Å²) in [7, 11) is 0. The second-order valence-electron chi connectivity index (χ2n) is 7.95. The summed E-state index contributed by atoms with van der Waals surface area (Å²) in [5, 5.41) is 0.658. The molecule has 0 radical (unpaired) electrons. The van der Waals surface area contributed by atoms with Gasteiger partial charge in [0, 0.05) is 22.6 Å². The van der Waals surface area contributed by atoms with Crippen LogP contribution in [0.25, 0.3) is 11.0 Å². The number of ether oxygens (including phenoxy) is 3. The highest BCUT2D eigenvalue weighted by atomic mass is 16.6. The number of fused-ring (bicyclic) bond motifs is 3. The number of carbonyl (C=O) groups excluding carboxylic acids is 2. The highest BCUT2D eigenvalue weighted by molar-refractivity contribution is 5.89. The van der Waals surface area contributed by atoms with Crippen LogP contribution in [0.3, 0.4) is 0 Å². The van der Waals surface area contributed by atoms with Crippen molar-refractivity contribution in [3.05, 3.63) is 63.5 Å². The van der Waals surface area contributed by atoms with Crippen LogP contribution in [-0.4, -0.2) is 23.6 Å². The van der Waals surface area contributed by atoms with Crippen molar-refractivity contribution >= 4 is 22.9 Å². The SMILES string of the molecule is C/C=C(/C)C(=O)OC1c2c(ccc3ccc(=O)oc23)OC1C(C)(C)OC(=O)/C(C)=C\C. The highest BCUT2D eigenvalue weighted by Crippen LogP contribution is 2.47. The molecule has 3 rings (SSSR count). The molecule has 1 aromatic heterocycles. The fourth-order valence-corrected chi connectivity index (χ4v) is 3.31. The van der Waals surface area contributed by atoms with Gasteiger partial charge in [-0.1, -0.05) is 12.2 Å². The number of benzene rings is 1. The predicted molar refractivity (Wildman–Crippen MR) is 115 cm³/mol. The van der Waals surface area contributed by atoms with E-state index in [0.717, 1.165) is 0 Å². The van der Waals surface area contributed by atoms with E-state index >= 15 is 0 Å². The van der Waals surface area contributed by atoms with E-state index in [0.29, 0.717) is 27.8 Å². The first-order chi connectivity index (χ1) is 14.6. The molecule has 1 aromatic carbocycles. The number of hydrogen-bond acceptors (Lipinski definition) is 7. The van der Waals surface area contributed by atoms with Crippen LogP contribution in [0.2, 0.25) is 0 Å². The molecular formula is C24H26O7. The Balaban J connectivity index is 2.11. The first-order valence-corrected chi connectivity index (χ1v) is 10.0. The van der Waals surface area contributed by atoms with Crippen LogP contribution in [0.4, 0.5) is 0 Å². The van der Waals surface area contributed by atoms with Gasteiger partial charge in [-0.2, -0.15) is 0 Å². The third-order valence-corrected chi connectivity index (χ3v) is 5.39. The van der Waals surface area contributed by atoms with E-state index < -0.39 is 35.4 Å². The van der Waals surface area contributed by atoms with Gasteiger partial charge in [0.1, 0.15) is 16.9 Å². The molecule has 0 saturated carbocycles. The van der Waals surface area contributed by atoms with E-state index in [4.69, 9.17) is 18.6 Å². The van der Waals surface area contributed by atoms with Gasteiger partial charge in [-0.05, 0) is 59.7 Å². The molecule has 0 fully saturated rings. The van der Waals surface area contributed by atoms with Gasteiger partial charge in [-0.25, -0.2) is 14.4 Å². The Morgan fingerprint density at radius 3 is 2.26 bits per heavy atom. The van der Waals surface area contributed by atoms with Crippen molar-refractivity contribution in [1.82, 2.24) is 0 Å². The first kappa shape index (κ1) is 22.3. The normalized spacial score (nSPS) is 19.0. The quantitative estimate of drug-likeness (QED) is 0.398. The molecule has 2 atom stereocenters. The van der Waals surface area contributed by atoms with Gasteiger partial charge in [0.05, 0.1) is 5.56 Å². The minimum atomic E-state index is -1.17. The van der Waals surface area contributed by atoms with Crippen LogP contribution in [0, 0.1) is 0 Å². The van der Waals surface area contributed by atoms with Crippen LogP contribution in [0.15, 0.2) is 56.8 Å². The van der Waals surface area contributed by atoms with Crippen LogP contribution >= 0.6 is 0 Å². The number of hydrogen-bond donors (Lipinski definition) is 0. The fraction of sp³-hybridized carbons (Fsp3) is 0.375. The van der Waals surface area contributed by atoms with Crippen LogP contribution in [0.1, 0.15) is 53.2 Å². The van der Waals surface area contributed by atoms with Crippen molar-refractivity contribution in [3.8, 4) is 5.75 Å². The fourth-order valence-electron chi connectivity index (χ4n) is 3.31. The average molecular weight is 426 g/mol. The molecule has 0 saturated heterocycles. The Morgan fingerprint density at radius 2 is 1.61 bits per heavy atom. The Bertz CT molecular complexity index is 1150. The topological polar surface area (TPSA) is 92.0 Å². The lowest BCUT2D eigenvalue weighted by Crippen LogP contribution is -2.46. The van der Waals surface area contributed by atoms with E-state index in [1.165, 1.54) is 6.07 Å². The minimum absolute atomic E-state index is 0.273. The molecule has 0 spiro atoms. The number of rotatable bonds is 5. The lowest BCUT2D eigenvalue weighted by atomic mass is 9.93. The second-order valence-corrected chi connectivity index (χ2v) is 7.95. The number of esters is 2. The summed E-state index contributed by atoms with van der Waals surface area (Å²) in [6.07, 6.45) is 1.47. The lowest BCUT2D eigenvalue weighted by molar-refractivity contribution is -0.172. The van der Waals surface area contributed by atoms with E-state index in [-0.39, 0.29) is 5.58 Å². The van der Waals surface area contributed by atoms with Gasteiger partial charge >= 0.3 is 17.6 Å².